The fourth-order valence-corrected chi connectivity index (χ4v) is 1.56. The van der Waals surface area contributed by atoms with Crippen LogP contribution in [-0.2, 0) is 0 Å². The molecule has 5 heteroatoms. The third-order valence-electron chi connectivity index (χ3n) is 2.27. The van der Waals surface area contributed by atoms with Gasteiger partial charge in [-0.3, -0.25) is 0 Å². The van der Waals surface area contributed by atoms with Gasteiger partial charge in [-0.15, -0.1) is 5.10 Å². The smallest absolute Gasteiger partial charge is 0.0830 e. The molecule has 0 radical (unpaired) electrons. The summed E-state index contributed by atoms with van der Waals surface area (Å²) in [4.78, 5) is 0. The van der Waals surface area contributed by atoms with E-state index in [1.54, 1.807) is 16.8 Å². The van der Waals surface area contributed by atoms with Crippen LogP contribution in [0.4, 0.5) is 0 Å². The summed E-state index contributed by atoms with van der Waals surface area (Å²) in [5, 5.41) is 9.06. The van der Waals surface area contributed by atoms with E-state index in [4.69, 9.17) is 23.2 Å². The number of halogens is 2. The lowest BCUT2D eigenvalue weighted by atomic mass is 10.3. The summed E-state index contributed by atoms with van der Waals surface area (Å²) in [5.74, 6) is 0. The van der Waals surface area contributed by atoms with Crippen molar-refractivity contribution in [3.63, 3.8) is 0 Å². The Morgan fingerprint density at radius 1 is 1.13 bits per heavy atom. The fraction of sp³-hybridized carbons (Fsp3) is 0.200. The maximum Gasteiger partial charge on any atom is 0.0830 e. The van der Waals surface area contributed by atoms with Crippen LogP contribution in [0.3, 0.4) is 0 Å². The Bertz CT molecular complexity index is 505. The lowest BCUT2D eigenvalue weighted by Gasteiger charge is -2.04. The maximum atomic E-state index is 5.93. The second-order valence-corrected chi connectivity index (χ2v) is 4.08. The van der Waals surface area contributed by atoms with E-state index in [1.165, 1.54) is 0 Å². The lowest BCUT2D eigenvalue weighted by Crippen LogP contribution is -1.99. The second kappa shape index (κ2) is 3.83. The van der Waals surface area contributed by atoms with Crippen LogP contribution < -0.4 is 0 Å². The monoisotopic (exact) mass is 241 g/mol. The fourth-order valence-electron chi connectivity index (χ4n) is 1.27. The van der Waals surface area contributed by atoms with Crippen LogP contribution in [0.1, 0.15) is 11.4 Å². The highest BCUT2D eigenvalue weighted by atomic mass is 35.5. The number of hydrogen-bond donors (Lipinski definition) is 0. The molecule has 0 saturated carbocycles. The van der Waals surface area contributed by atoms with E-state index >= 15 is 0 Å². The molecule has 0 N–H and O–H groups in total. The Morgan fingerprint density at radius 3 is 2.40 bits per heavy atom. The first-order chi connectivity index (χ1) is 7.09. The number of aromatic nitrogens is 3. The molecule has 0 amide bonds. The van der Waals surface area contributed by atoms with Crippen LogP contribution in [0, 0.1) is 13.8 Å². The van der Waals surface area contributed by atoms with Crippen molar-refractivity contribution >= 4 is 23.2 Å². The molecule has 0 saturated heterocycles. The highest BCUT2D eigenvalue weighted by molar-refractivity contribution is 6.42. The van der Waals surface area contributed by atoms with E-state index in [2.05, 4.69) is 10.3 Å². The third kappa shape index (κ3) is 1.85. The van der Waals surface area contributed by atoms with E-state index in [0.29, 0.717) is 10.0 Å². The van der Waals surface area contributed by atoms with Gasteiger partial charge in [-0.05, 0) is 32.0 Å². The molecule has 3 nitrogen and oxygen atoms in total. The number of rotatable bonds is 1. The zero-order chi connectivity index (χ0) is 11.0. The first-order valence-electron chi connectivity index (χ1n) is 4.44. The Balaban J connectivity index is 2.55. The number of benzene rings is 1. The van der Waals surface area contributed by atoms with Crippen molar-refractivity contribution in [1.82, 2.24) is 15.0 Å². The first-order valence-corrected chi connectivity index (χ1v) is 5.19. The number of hydrogen-bond acceptors (Lipinski definition) is 2. The van der Waals surface area contributed by atoms with Crippen molar-refractivity contribution in [2.24, 2.45) is 0 Å². The summed E-state index contributed by atoms with van der Waals surface area (Å²) in [7, 11) is 0. The van der Waals surface area contributed by atoms with Gasteiger partial charge in [0.15, 0.2) is 0 Å². The van der Waals surface area contributed by atoms with Gasteiger partial charge in [0.25, 0.3) is 0 Å². The average molecular weight is 242 g/mol. The van der Waals surface area contributed by atoms with Crippen molar-refractivity contribution in [2.75, 3.05) is 0 Å². The zero-order valence-electron chi connectivity index (χ0n) is 8.33. The largest absolute Gasteiger partial charge is 0.218 e. The normalized spacial score (nSPS) is 10.7. The number of aryl methyl sites for hydroxylation is 1. The summed E-state index contributed by atoms with van der Waals surface area (Å²) in [5.41, 5.74) is 2.76. The van der Waals surface area contributed by atoms with E-state index < -0.39 is 0 Å². The van der Waals surface area contributed by atoms with Gasteiger partial charge in [0.05, 0.1) is 27.1 Å². The minimum absolute atomic E-state index is 0.515. The van der Waals surface area contributed by atoms with Crippen LogP contribution in [0.2, 0.25) is 10.0 Å². The third-order valence-corrected chi connectivity index (χ3v) is 3.01. The van der Waals surface area contributed by atoms with Crippen molar-refractivity contribution in [3.05, 3.63) is 39.6 Å². The molecule has 1 aromatic heterocycles. The summed E-state index contributed by atoms with van der Waals surface area (Å²) in [6.07, 6.45) is 0. The van der Waals surface area contributed by atoms with Crippen LogP contribution in [-0.4, -0.2) is 15.0 Å². The molecule has 0 aliphatic carbocycles. The van der Waals surface area contributed by atoms with Gasteiger partial charge in [0.2, 0.25) is 0 Å². The van der Waals surface area contributed by atoms with Gasteiger partial charge in [-0.25, -0.2) is 4.68 Å². The molecule has 0 bridgehead atoms. The highest BCUT2D eigenvalue weighted by Crippen LogP contribution is 2.24. The predicted molar refractivity (Wildman–Crippen MR) is 60.9 cm³/mol. The van der Waals surface area contributed by atoms with E-state index in [1.807, 2.05) is 19.9 Å². The van der Waals surface area contributed by atoms with Crippen LogP contribution in [0.15, 0.2) is 18.2 Å². The minimum Gasteiger partial charge on any atom is -0.218 e. The molecule has 0 fully saturated rings. The van der Waals surface area contributed by atoms with Crippen molar-refractivity contribution in [2.45, 2.75) is 13.8 Å². The van der Waals surface area contributed by atoms with Gasteiger partial charge in [0.1, 0.15) is 0 Å². The molecule has 15 heavy (non-hydrogen) atoms. The van der Waals surface area contributed by atoms with E-state index in [0.717, 1.165) is 17.1 Å². The molecule has 1 aromatic carbocycles. The van der Waals surface area contributed by atoms with Crippen molar-refractivity contribution in [3.8, 4) is 5.69 Å². The Labute approximate surface area is 97.6 Å². The molecule has 1 heterocycles. The summed E-state index contributed by atoms with van der Waals surface area (Å²) < 4.78 is 1.73. The van der Waals surface area contributed by atoms with Gasteiger partial charge >= 0.3 is 0 Å². The van der Waals surface area contributed by atoms with Gasteiger partial charge in [-0.1, -0.05) is 28.4 Å². The second-order valence-electron chi connectivity index (χ2n) is 3.27. The SMILES string of the molecule is Cc1nnn(-c2ccc(Cl)c(Cl)c2)c1C. The average Bonchev–Trinajstić information content (AvgIpc) is 2.53. The molecule has 0 atom stereocenters. The first kappa shape index (κ1) is 10.5. The maximum absolute atomic E-state index is 5.93. The molecule has 2 rings (SSSR count). The zero-order valence-corrected chi connectivity index (χ0v) is 9.84. The summed E-state index contributed by atoms with van der Waals surface area (Å²) >= 11 is 11.8. The quantitative estimate of drug-likeness (QED) is 0.768. The van der Waals surface area contributed by atoms with Gasteiger partial charge in [0, 0.05) is 0 Å². The standard InChI is InChI=1S/C10H9Cl2N3/c1-6-7(2)15(14-13-6)8-3-4-9(11)10(12)5-8/h3-5H,1-2H3. The van der Waals surface area contributed by atoms with Crippen LogP contribution >= 0.6 is 23.2 Å². The molecular formula is C10H9Cl2N3. The molecule has 78 valence electrons. The highest BCUT2D eigenvalue weighted by Gasteiger charge is 2.07. The van der Waals surface area contributed by atoms with Crippen molar-refractivity contribution < 1.29 is 0 Å². The van der Waals surface area contributed by atoms with E-state index in [9.17, 15) is 0 Å². The molecular weight excluding hydrogens is 233 g/mol. The molecule has 2 aromatic rings. The molecule has 0 aliphatic heterocycles. The summed E-state index contributed by atoms with van der Waals surface area (Å²) in [6, 6.07) is 5.37. The molecule has 0 aliphatic rings. The minimum atomic E-state index is 0.515. The predicted octanol–water partition coefficient (Wildman–Crippen LogP) is 3.19. The van der Waals surface area contributed by atoms with E-state index in [-0.39, 0.29) is 0 Å². The van der Waals surface area contributed by atoms with Crippen LogP contribution in [0.5, 0.6) is 0 Å². The molecule has 0 spiro atoms. The lowest BCUT2D eigenvalue weighted by molar-refractivity contribution is 0.784. The van der Waals surface area contributed by atoms with Gasteiger partial charge in [-0.2, -0.15) is 0 Å². The van der Waals surface area contributed by atoms with Crippen LogP contribution in [0.25, 0.3) is 5.69 Å². The topological polar surface area (TPSA) is 30.7 Å². The summed E-state index contributed by atoms with van der Waals surface area (Å²) in [6.45, 7) is 3.87. The Kier molecular flexibility index (Phi) is 2.67. The molecule has 0 unspecified atom stereocenters. The Morgan fingerprint density at radius 2 is 1.87 bits per heavy atom. The van der Waals surface area contributed by atoms with Gasteiger partial charge < -0.3 is 0 Å². The van der Waals surface area contributed by atoms with Crippen molar-refractivity contribution in [1.29, 1.82) is 0 Å². The number of nitrogens with zero attached hydrogens (tertiary/aromatic N) is 3. The Hall–Kier alpha value is -1.06.